The van der Waals surface area contributed by atoms with Gasteiger partial charge in [-0.15, -0.1) is 0 Å². The van der Waals surface area contributed by atoms with Crippen molar-refractivity contribution in [2.24, 2.45) is 0 Å². The Morgan fingerprint density at radius 1 is 1.35 bits per heavy atom. The normalized spacial score (nSPS) is 11.9. The number of hydrogen-bond donors (Lipinski definition) is 1. The van der Waals surface area contributed by atoms with Gasteiger partial charge in [-0.3, -0.25) is 0 Å². The van der Waals surface area contributed by atoms with Crippen molar-refractivity contribution < 1.29 is 13.2 Å². The highest BCUT2D eigenvalue weighted by atomic mass is 35.5. The number of nitrogens with zero attached hydrogens (tertiary/aromatic N) is 1. The number of benzene rings is 1. The van der Waals surface area contributed by atoms with E-state index in [0.717, 1.165) is 26.7 Å². The van der Waals surface area contributed by atoms with E-state index in [4.69, 9.17) is 16.3 Å². The summed E-state index contributed by atoms with van der Waals surface area (Å²) in [5, 5.41) is 0.691. The van der Waals surface area contributed by atoms with Gasteiger partial charge >= 0.3 is 0 Å². The molecular weight excluding hydrogens is 300 g/mol. The number of ether oxygens (including phenoxy) is 1. The Hall–Kier alpha value is -0.820. The van der Waals surface area contributed by atoms with Gasteiger partial charge in [0.2, 0.25) is 0 Å². The molecule has 0 heterocycles. The van der Waals surface area contributed by atoms with Gasteiger partial charge in [0.05, 0.1) is 7.11 Å². The Kier molecular flexibility index (Phi) is 5.82. The molecule has 0 spiro atoms. The molecule has 0 aliphatic carbocycles. The van der Waals surface area contributed by atoms with E-state index in [0.29, 0.717) is 11.4 Å². The summed E-state index contributed by atoms with van der Waals surface area (Å²) in [4.78, 5) is 0. The Bertz CT molecular complexity index is 586. The van der Waals surface area contributed by atoms with E-state index in [1.54, 1.807) is 7.11 Å². The van der Waals surface area contributed by atoms with Crippen molar-refractivity contribution >= 4 is 21.8 Å². The molecule has 1 rings (SSSR count). The Morgan fingerprint density at radius 3 is 2.45 bits per heavy atom. The van der Waals surface area contributed by atoms with Crippen LogP contribution in [-0.4, -0.2) is 40.5 Å². The van der Waals surface area contributed by atoms with E-state index < -0.39 is 10.2 Å². The highest BCUT2D eigenvalue weighted by molar-refractivity contribution is 7.87. The summed E-state index contributed by atoms with van der Waals surface area (Å²) in [6.45, 7) is 4.11. The molecule has 0 saturated heterocycles. The lowest BCUT2D eigenvalue weighted by molar-refractivity contribution is 0.408. The Labute approximate surface area is 126 Å². The van der Waals surface area contributed by atoms with Gasteiger partial charge in [-0.2, -0.15) is 12.7 Å². The zero-order chi connectivity index (χ0) is 15.5. The fourth-order valence-corrected chi connectivity index (χ4v) is 2.67. The third kappa shape index (κ3) is 3.85. The molecule has 1 aromatic rings. The fourth-order valence-electron chi connectivity index (χ4n) is 1.89. The van der Waals surface area contributed by atoms with Gasteiger partial charge in [0.15, 0.2) is 0 Å². The average molecular weight is 321 g/mol. The van der Waals surface area contributed by atoms with E-state index in [-0.39, 0.29) is 6.54 Å². The third-order valence-corrected chi connectivity index (χ3v) is 5.25. The molecule has 0 bridgehead atoms. The van der Waals surface area contributed by atoms with Gasteiger partial charge < -0.3 is 4.74 Å². The molecule has 0 saturated carbocycles. The smallest absolute Gasteiger partial charge is 0.278 e. The highest BCUT2D eigenvalue weighted by Gasteiger charge is 2.15. The first-order valence-electron chi connectivity index (χ1n) is 6.20. The molecule has 0 atom stereocenters. The van der Waals surface area contributed by atoms with Crippen LogP contribution in [0.5, 0.6) is 5.75 Å². The summed E-state index contributed by atoms with van der Waals surface area (Å²) in [7, 11) is 1.15. The topological polar surface area (TPSA) is 58.6 Å². The third-order valence-electron chi connectivity index (χ3n) is 3.13. The summed E-state index contributed by atoms with van der Waals surface area (Å²) in [5.74, 6) is 0.730. The predicted molar refractivity (Wildman–Crippen MR) is 81.8 cm³/mol. The Balaban J connectivity index is 2.91. The second-order valence-electron chi connectivity index (χ2n) is 4.75. The van der Waals surface area contributed by atoms with Crippen LogP contribution in [0.2, 0.25) is 5.02 Å². The number of halogens is 1. The monoisotopic (exact) mass is 320 g/mol. The lowest BCUT2D eigenvalue weighted by Crippen LogP contribution is -2.36. The second kappa shape index (κ2) is 6.76. The molecule has 0 amide bonds. The molecule has 114 valence electrons. The van der Waals surface area contributed by atoms with Crippen LogP contribution in [0.15, 0.2) is 6.07 Å². The van der Waals surface area contributed by atoms with Gasteiger partial charge in [0.1, 0.15) is 5.75 Å². The van der Waals surface area contributed by atoms with Gasteiger partial charge in [0.25, 0.3) is 10.2 Å². The lowest BCUT2D eigenvalue weighted by Gasteiger charge is -2.16. The summed E-state index contributed by atoms with van der Waals surface area (Å²) < 4.78 is 32.3. The van der Waals surface area contributed by atoms with Crippen LogP contribution >= 0.6 is 11.6 Å². The Morgan fingerprint density at radius 2 is 1.95 bits per heavy atom. The molecule has 0 aromatic heterocycles. The minimum atomic E-state index is -3.41. The minimum absolute atomic E-state index is 0.289. The van der Waals surface area contributed by atoms with E-state index in [1.165, 1.54) is 14.1 Å². The lowest BCUT2D eigenvalue weighted by atomic mass is 10.0. The molecule has 0 aliphatic rings. The van der Waals surface area contributed by atoms with E-state index in [2.05, 4.69) is 4.72 Å². The molecule has 1 aromatic carbocycles. The zero-order valence-electron chi connectivity index (χ0n) is 12.4. The number of hydrogen-bond acceptors (Lipinski definition) is 3. The van der Waals surface area contributed by atoms with Gasteiger partial charge in [-0.25, -0.2) is 4.72 Å². The maximum Gasteiger partial charge on any atom is 0.278 e. The van der Waals surface area contributed by atoms with Crippen LogP contribution in [0.3, 0.4) is 0 Å². The van der Waals surface area contributed by atoms with Gasteiger partial charge in [-0.1, -0.05) is 11.6 Å². The van der Waals surface area contributed by atoms with Crippen molar-refractivity contribution in [2.45, 2.75) is 20.3 Å². The largest absolute Gasteiger partial charge is 0.496 e. The van der Waals surface area contributed by atoms with Crippen molar-refractivity contribution in [3.05, 3.63) is 27.8 Å². The SMILES string of the molecule is COc1cc(C)c(Cl)c(C)c1CCNS(=O)(=O)N(C)C. The van der Waals surface area contributed by atoms with Crippen LogP contribution in [0.4, 0.5) is 0 Å². The molecule has 1 N–H and O–H groups in total. The van der Waals surface area contributed by atoms with Crippen LogP contribution in [0.1, 0.15) is 16.7 Å². The molecule has 20 heavy (non-hydrogen) atoms. The maximum absolute atomic E-state index is 11.6. The summed E-state index contributed by atoms with van der Waals surface area (Å²) in [5.41, 5.74) is 2.79. The average Bonchev–Trinajstić information content (AvgIpc) is 2.38. The van der Waals surface area contributed by atoms with Crippen molar-refractivity contribution in [3.8, 4) is 5.75 Å². The van der Waals surface area contributed by atoms with Crippen molar-refractivity contribution in [3.63, 3.8) is 0 Å². The zero-order valence-corrected chi connectivity index (χ0v) is 14.0. The first kappa shape index (κ1) is 17.2. The van der Waals surface area contributed by atoms with Crippen LogP contribution in [0, 0.1) is 13.8 Å². The second-order valence-corrected chi connectivity index (χ2v) is 7.09. The predicted octanol–water partition coefficient (Wildman–Crippen LogP) is 1.90. The van der Waals surface area contributed by atoms with Crippen LogP contribution in [-0.2, 0) is 16.6 Å². The standard InChI is InChI=1S/C13H21ClN2O3S/c1-9-8-12(19-5)11(10(2)13(9)14)6-7-15-20(17,18)16(3)4/h8,15H,6-7H2,1-5H3. The molecule has 5 nitrogen and oxygen atoms in total. The fraction of sp³-hybridized carbons (Fsp3) is 0.538. The van der Waals surface area contributed by atoms with Crippen molar-refractivity contribution in [1.82, 2.24) is 9.03 Å². The summed E-state index contributed by atoms with van der Waals surface area (Å²) >= 11 is 6.23. The summed E-state index contributed by atoms with van der Waals surface area (Å²) in [6, 6.07) is 1.87. The molecular formula is C13H21ClN2O3S. The first-order valence-corrected chi connectivity index (χ1v) is 8.02. The first-order chi connectivity index (χ1) is 9.20. The number of aryl methyl sites for hydroxylation is 1. The van der Waals surface area contributed by atoms with Crippen molar-refractivity contribution in [2.75, 3.05) is 27.7 Å². The van der Waals surface area contributed by atoms with E-state index >= 15 is 0 Å². The summed E-state index contributed by atoms with van der Waals surface area (Å²) in [6.07, 6.45) is 0.516. The van der Waals surface area contributed by atoms with Crippen molar-refractivity contribution in [1.29, 1.82) is 0 Å². The van der Waals surface area contributed by atoms with Gasteiger partial charge in [-0.05, 0) is 43.0 Å². The van der Waals surface area contributed by atoms with E-state index in [9.17, 15) is 8.42 Å². The van der Waals surface area contributed by atoms with E-state index in [1.807, 2.05) is 19.9 Å². The molecule has 0 aliphatic heterocycles. The van der Waals surface area contributed by atoms with Gasteiger partial charge in [0, 0.05) is 25.7 Å². The molecule has 7 heteroatoms. The minimum Gasteiger partial charge on any atom is -0.496 e. The molecule has 0 fully saturated rings. The quantitative estimate of drug-likeness (QED) is 0.871. The number of rotatable bonds is 6. The van der Waals surface area contributed by atoms with Crippen LogP contribution < -0.4 is 9.46 Å². The molecule has 0 unspecified atom stereocenters. The number of methoxy groups -OCH3 is 1. The molecule has 0 radical (unpaired) electrons. The maximum atomic E-state index is 11.6. The number of nitrogens with one attached hydrogen (secondary N) is 1. The van der Waals surface area contributed by atoms with Crippen LogP contribution in [0.25, 0.3) is 0 Å². The highest BCUT2D eigenvalue weighted by Crippen LogP contribution is 2.31.